The second-order valence-electron chi connectivity index (χ2n) is 5.36. The quantitative estimate of drug-likeness (QED) is 0.867. The van der Waals surface area contributed by atoms with Gasteiger partial charge in [0.15, 0.2) is 0 Å². The van der Waals surface area contributed by atoms with E-state index in [9.17, 15) is 4.79 Å². The Bertz CT molecular complexity index is 632. The molecule has 22 heavy (non-hydrogen) atoms. The highest BCUT2D eigenvalue weighted by atomic mass is 32.1. The van der Waals surface area contributed by atoms with E-state index in [4.69, 9.17) is 9.47 Å². The molecule has 1 saturated heterocycles. The molecular formula is C17H19NO3S. The zero-order chi connectivity index (χ0) is 15.5. The Hall–Kier alpha value is -2.01. The van der Waals surface area contributed by atoms with Crippen molar-refractivity contribution in [3.8, 4) is 11.5 Å². The fourth-order valence-electron chi connectivity index (χ4n) is 2.84. The minimum Gasteiger partial charge on any atom is -0.497 e. The molecule has 1 amide bonds. The zero-order valence-electron chi connectivity index (χ0n) is 12.7. The first-order valence-corrected chi connectivity index (χ1v) is 8.15. The smallest absolute Gasteiger partial charge is 0.263 e. The van der Waals surface area contributed by atoms with Gasteiger partial charge in [-0.05, 0) is 35.6 Å². The number of ether oxygens (including phenoxy) is 2. The molecule has 1 aliphatic heterocycles. The lowest BCUT2D eigenvalue weighted by Gasteiger charge is -2.16. The van der Waals surface area contributed by atoms with E-state index in [1.54, 1.807) is 14.2 Å². The maximum atomic E-state index is 12.4. The molecule has 5 heteroatoms. The van der Waals surface area contributed by atoms with E-state index < -0.39 is 0 Å². The Morgan fingerprint density at radius 3 is 2.55 bits per heavy atom. The van der Waals surface area contributed by atoms with E-state index in [2.05, 4.69) is 0 Å². The highest BCUT2D eigenvalue weighted by molar-refractivity contribution is 7.12. The van der Waals surface area contributed by atoms with Gasteiger partial charge >= 0.3 is 0 Å². The number of nitrogens with zero attached hydrogens (tertiary/aromatic N) is 1. The molecule has 116 valence electrons. The molecule has 0 spiro atoms. The molecule has 0 unspecified atom stereocenters. The molecule has 1 aromatic carbocycles. The van der Waals surface area contributed by atoms with Crippen LogP contribution in [0.4, 0.5) is 0 Å². The van der Waals surface area contributed by atoms with Crippen LogP contribution in [0.5, 0.6) is 11.5 Å². The standard InChI is InChI=1S/C17H19NO3S/c1-20-14-8-13(9-15(10-14)21-2)12-5-6-18(11-12)17(19)16-4-3-7-22-16/h3-4,7-10,12H,5-6,11H2,1-2H3/t12-/m0/s1. The summed E-state index contributed by atoms with van der Waals surface area (Å²) in [7, 11) is 3.31. The van der Waals surface area contributed by atoms with E-state index in [-0.39, 0.29) is 5.91 Å². The first-order valence-electron chi connectivity index (χ1n) is 7.27. The van der Waals surface area contributed by atoms with Crippen LogP contribution in [-0.2, 0) is 0 Å². The Labute approximate surface area is 134 Å². The monoisotopic (exact) mass is 317 g/mol. The Kier molecular flexibility index (Phi) is 4.34. The van der Waals surface area contributed by atoms with Gasteiger partial charge in [0, 0.05) is 25.1 Å². The summed E-state index contributed by atoms with van der Waals surface area (Å²) in [4.78, 5) is 15.2. The fraction of sp³-hybridized carbons (Fsp3) is 0.353. The van der Waals surface area contributed by atoms with Crippen molar-refractivity contribution in [1.29, 1.82) is 0 Å². The summed E-state index contributed by atoms with van der Waals surface area (Å²) in [6, 6.07) is 9.74. The van der Waals surface area contributed by atoms with Crippen LogP contribution in [0.2, 0.25) is 0 Å². The highest BCUT2D eigenvalue weighted by Crippen LogP contribution is 2.33. The topological polar surface area (TPSA) is 38.8 Å². The van der Waals surface area contributed by atoms with Crippen molar-refractivity contribution in [2.24, 2.45) is 0 Å². The summed E-state index contributed by atoms with van der Waals surface area (Å²) in [6.45, 7) is 1.54. The minimum absolute atomic E-state index is 0.132. The molecule has 1 atom stereocenters. The molecule has 0 radical (unpaired) electrons. The van der Waals surface area contributed by atoms with Gasteiger partial charge in [-0.15, -0.1) is 11.3 Å². The molecule has 1 fully saturated rings. The number of likely N-dealkylation sites (tertiary alicyclic amines) is 1. The van der Waals surface area contributed by atoms with E-state index in [1.807, 2.05) is 40.6 Å². The van der Waals surface area contributed by atoms with E-state index in [0.29, 0.717) is 5.92 Å². The maximum Gasteiger partial charge on any atom is 0.263 e. The zero-order valence-corrected chi connectivity index (χ0v) is 13.6. The van der Waals surface area contributed by atoms with Gasteiger partial charge in [0.1, 0.15) is 11.5 Å². The van der Waals surface area contributed by atoms with Crippen molar-refractivity contribution in [2.45, 2.75) is 12.3 Å². The first kappa shape index (κ1) is 14.9. The van der Waals surface area contributed by atoms with Crippen molar-refractivity contribution < 1.29 is 14.3 Å². The van der Waals surface area contributed by atoms with Crippen LogP contribution in [0.25, 0.3) is 0 Å². The van der Waals surface area contributed by atoms with E-state index >= 15 is 0 Å². The normalized spacial score (nSPS) is 17.5. The summed E-state index contributed by atoms with van der Waals surface area (Å²) >= 11 is 1.50. The van der Waals surface area contributed by atoms with Gasteiger partial charge in [-0.2, -0.15) is 0 Å². The Balaban J connectivity index is 1.76. The second kappa shape index (κ2) is 6.40. The average Bonchev–Trinajstić information content (AvgIpc) is 3.25. The summed E-state index contributed by atoms with van der Waals surface area (Å²) in [5, 5.41) is 1.94. The number of carbonyl (C=O) groups is 1. The summed E-state index contributed by atoms with van der Waals surface area (Å²) in [5.41, 5.74) is 1.16. The van der Waals surface area contributed by atoms with Gasteiger partial charge in [-0.1, -0.05) is 6.07 Å². The van der Waals surface area contributed by atoms with Crippen molar-refractivity contribution >= 4 is 17.2 Å². The first-order chi connectivity index (χ1) is 10.7. The van der Waals surface area contributed by atoms with Crippen molar-refractivity contribution in [2.75, 3.05) is 27.3 Å². The Morgan fingerprint density at radius 2 is 1.95 bits per heavy atom. The van der Waals surface area contributed by atoms with Crippen molar-refractivity contribution in [1.82, 2.24) is 4.90 Å². The lowest BCUT2D eigenvalue weighted by molar-refractivity contribution is 0.0795. The predicted octanol–water partition coefficient (Wildman–Crippen LogP) is 3.40. The largest absolute Gasteiger partial charge is 0.497 e. The lowest BCUT2D eigenvalue weighted by Crippen LogP contribution is -2.27. The van der Waals surface area contributed by atoms with Crippen LogP contribution < -0.4 is 9.47 Å². The molecule has 0 saturated carbocycles. The molecule has 0 N–H and O–H groups in total. The fourth-order valence-corrected chi connectivity index (χ4v) is 3.53. The Morgan fingerprint density at radius 1 is 1.23 bits per heavy atom. The number of benzene rings is 1. The number of thiophene rings is 1. The van der Waals surface area contributed by atoms with Crippen LogP contribution in [0.3, 0.4) is 0 Å². The molecule has 2 heterocycles. The molecule has 4 nitrogen and oxygen atoms in total. The van der Waals surface area contributed by atoms with Crippen molar-refractivity contribution in [3.63, 3.8) is 0 Å². The number of rotatable bonds is 4. The molecule has 2 aromatic rings. The third kappa shape index (κ3) is 2.95. The molecule has 1 aliphatic rings. The van der Waals surface area contributed by atoms with Gasteiger partial charge in [0.2, 0.25) is 0 Å². The average molecular weight is 317 g/mol. The number of methoxy groups -OCH3 is 2. The second-order valence-corrected chi connectivity index (χ2v) is 6.31. The van der Waals surface area contributed by atoms with Crippen LogP contribution in [0.15, 0.2) is 35.7 Å². The van der Waals surface area contributed by atoms with Crippen LogP contribution in [-0.4, -0.2) is 38.1 Å². The lowest BCUT2D eigenvalue weighted by atomic mass is 9.98. The molecule has 0 aliphatic carbocycles. The maximum absolute atomic E-state index is 12.4. The molecular weight excluding hydrogens is 298 g/mol. The number of amides is 1. The SMILES string of the molecule is COc1cc(OC)cc([C@H]2CCN(C(=O)c3cccs3)C2)c1. The number of hydrogen-bond acceptors (Lipinski definition) is 4. The van der Waals surface area contributed by atoms with Gasteiger partial charge in [0.25, 0.3) is 5.91 Å². The van der Waals surface area contributed by atoms with Gasteiger partial charge in [0.05, 0.1) is 19.1 Å². The summed E-state index contributed by atoms with van der Waals surface area (Å²) in [5.74, 6) is 2.04. The van der Waals surface area contributed by atoms with Crippen LogP contribution >= 0.6 is 11.3 Å². The number of carbonyl (C=O) groups excluding carboxylic acids is 1. The summed E-state index contributed by atoms with van der Waals surface area (Å²) < 4.78 is 10.7. The minimum atomic E-state index is 0.132. The van der Waals surface area contributed by atoms with E-state index in [1.165, 1.54) is 11.3 Å². The van der Waals surface area contributed by atoms with Gasteiger partial charge < -0.3 is 14.4 Å². The molecule has 0 bridgehead atoms. The number of hydrogen-bond donors (Lipinski definition) is 0. The van der Waals surface area contributed by atoms with Gasteiger partial charge in [-0.3, -0.25) is 4.79 Å². The van der Waals surface area contributed by atoms with Crippen molar-refractivity contribution in [3.05, 3.63) is 46.2 Å². The molecule has 3 rings (SSSR count). The highest BCUT2D eigenvalue weighted by Gasteiger charge is 2.28. The van der Waals surface area contributed by atoms with Gasteiger partial charge in [-0.25, -0.2) is 0 Å². The van der Waals surface area contributed by atoms with Crippen LogP contribution in [0, 0.1) is 0 Å². The molecule has 1 aromatic heterocycles. The van der Waals surface area contributed by atoms with E-state index in [0.717, 1.165) is 41.4 Å². The van der Waals surface area contributed by atoms with Crippen LogP contribution in [0.1, 0.15) is 27.6 Å². The third-order valence-corrected chi connectivity index (χ3v) is 4.91. The third-order valence-electron chi connectivity index (χ3n) is 4.05. The summed E-state index contributed by atoms with van der Waals surface area (Å²) in [6.07, 6.45) is 0.966. The predicted molar refractivity (Wildman–Crippen MR) is 87.1 cm³/mol.